The van der Waals surface area contributed by atoms with Crippen LogP contribution in [0.5, 0.6) is 5.75 Å². The van der Waals surface area contributed by atoms with Crippen molar-refractivity contribution in [1.82, 2.24) is 4.90 Å². The fraction of sp³-hybridized carbons (Fsp3) is 0.381. The summed E-state index contributed by atoms with van der Waals surface area (Å²) in [6.07, 6.45) is 0.514. The maximum Gasteiger partial charge on any atom is 0.410 e. The van der Waals surface area contributed by atoms with E-state index in [9.17, 15) is 4.79 Å². The van der Waals surface area contributed by atoms with Crippen LogP contribution in [0.15, 0.2) is 36.4 Å². The van der Waals surface area contributed by atoms with E-state index in [4.69, 9.17) is 32.7 Å². The van der Waals surface area contributed by atoms with Gasteiger partial charge in [0.15, 0.2) is 0 Å². The van der Waals surface area contributed by atoms with Gasteiger partial charge >= 0.3 is 6.09 Å². The van der Waals surface area contributed by atoms with Crippen LogP contribution in [0, 0.1) is 0 Å². The van der Waals surface area contributed by atoms with Crippen LogP contribution in [0.2, 0.25) is 10.0 Å². The molecule has 2 aromatic carbocycles. The average Bonchev–Trinajstić information content (AvgIpc) is 2.61. The first kappa shape index (κ1) is 19.8. The molecule has 0 fully saturated rings. The highest BCUT2D eigenvalue weighted by Gasteiger charge is 2.25. The minimum atomic E-state index is -0.501. The molecule has 0 aromatic heterocycles. The minimum absolute atomic E-state index is 0.287. The van der Waals surface area contributed by atoms with E-state index < -0.39 is 5.60 Å². The lowest BCUT2D eigenvalue weighted by molar-refractivity contribution is 0.0223. The molecular weight excluding hydrogens is 385 g/mol. The number of ether oxygens (including phenoxy) is 2. The summed E-state index contributed by atoms with van der Waals surface area (Å²) in [6, 6.07) is 11.5. The van der Waals surface area contributed by atoms with Crippen molar-refractivity contribution in [2.75, 3.05) is 6.54 Å². The first-order valence-electron chi connectivity index (χ1n) is 8.88. The normalized spacial score (nSPS) is 13.9. The van der Waals surface area contributed by atoms with Crippen molar-refractivity contribution in [3.05, 3.63) is 63.1 Å². The lowest BCUT2D eigenvalue weighted by Gasteiger charge is -2.31. The lowest BCUT2D eigenvalue weighted by atomic mass is 10.00. The third-order valence-electron chi connectivity index (χ3n) is 4.27. The molecule has 0 atom stereocenters. The van der Waals surface area contributed by atoms with Crippen molar-refractivity contribution in [2.45, 2.75) is 45.9 Å². The van der Waals surface area contributed by atoms with Crippen molar-refractivity contribution in [3.8, 4) is 5.75 Å². The molecule has 0 aliphatic carbocycles. The first-order chi connectivity index (χ1) is 12.7. The Morgan fingerprint density at radius 3 is 2.67 bits per heavy atom. The molecule has 0 saturated heterocycles. The van der Waals surface area contributed by atoms with Gasteiger partial charge in [-0.05, 0) is 56.5 Å². The number of hydrogen-bond donors (Lipinski definition) is 0. The summed E-state index contributed by atoms with van der Waals surface area (Å²) >= 11 is 12.3. The standard InChI is InChI=1S/C21H23Cl2NO3/c1-21(2,3)27-20(25)24-10-9-14-7-8-17(11-16(14)12-24)26-13-15-5-4-6-18(22)19(15)23/h4-8,11H,9-10,12-13H2,1-3H3. The van der Waals surface area contributed by atoms with E-state index in [2.05, 4.69) is 6.07 Å². The molecule has 0 unspecified atom stereocenters. The van der Waals surface area contributed by atoms with Crippen molar-refractivity contribution < 1.29 is 14.3 Å². The van der Waals surface area contributed by atoms with Gasteiger partial charge in [0.05, 0.1) is 10.0 Å². The number of fused-ring (bicyclic) bond motifs is 1. The molecule has 1 aliphatic rings. The monoisotopic (exact) mass is 407 g/mol. The predicted octanol–water partition coefficient (Wildman–Crippen LogP) is 5.87. The second-order valence-electron chi connectivity index (χ2n) is 7.58. The van der Waals surface area contributed by atoms with Crippen LogP contribution in [0.1, 0.15) is 37.5 Å². The number of benzene rings is 2. The van der Waals surface area contributed by atoms with Crippen LogP contribution in [-0.2, 0) is 24.3 Å². The summed E-state index contributed by atoms with van der Waals surface area (Å²) in [4.78, 5) is 14.1. The Morgan fingerprint density at radius 1 is 1.15 bits per heavy atom. The number of carbonyl (C=O) groups excluding carboxylic acids is 1. The average molecular weight is 408 g/mol. The van der Waals surface area contributed by atoms with Crippen molar-refractivity contribution in [2.24, 2.45) is 0 Å². The summed E-state index contributed by atoms with van der Waals surface area (Å²) in [6.45, 7) is 7.11. The Morgan fingerprint density at radius 2 is 1.93 bits per heavy atom. The van der Waals surface area contributed by atoms with E-state index in [0.29, 0.717) is 29.7 Å². The zero-order valence-electron chi connectivity index (χ0n) is 15.7. The molecule has 2 aromatic rings. The van der Waals surface area contributed by atoms with Crippen LogP contribution in [0.25, 0.3) is 0 Å². The number of carbonyl (C=O) groups is 1. The molecule has 1 heterocycles. The van der Waals surface area contributed by atoms with E-state index in [1.807, 2.05) is 45.0 Å². The van der Waals surface area contributed by atoms with Gasteiger partial charge in [-0.1, -0.05) is 41.4 Å². The smallest absolute Gasteiger partial charge is 0.410 e. The maximum atomic E-state index is 12.3. The van der Waals surface area contributed by atoms with E-state index in [0.717, 1.165) is 23.3 Å². The van der Waals surface area contributed by atoms with E-state index in [-0.39, 0.29) is 6.09 Å². The number of amides is 1. The van der Waals surface area contributed by atoms with E-state index >= 15 is 0 Å². The Labute approximate surface area is 170 Å². The van der Waals surface area contributed by atoms with Crippen LogP contribution >= 0.6 is 23.2 Å². The molecule has 27 heavy (non-hydrogen) atoms. The Bertz CT molecular complexity index is 846. The zero-order chi connectivity index (χ0) is 19.6. The Hall–Kier alpha value is -1.91. The number of halogens is 2. The highest BCUT2D eigenvalue weighted by molar-refractivity contribution is 6.42. The molecular formula is C21H23Cl2NO3. The molecule has 6 heteroatoms. The van der Waals surface area contributed by atoms with Crippen molar-refractivity contribution >= 4 is 29.3 Å². The summed E-state index contributed by atoms with van der Waals surface area (Å²) in [5.74, 6) is 0.732. The largest absolute Gasteiger partial charge is 0.489 e. The molecule has 144 valence electrons. The van der Waals surface area contributed by atoms with Gasteiger partial charge in [0.25, 0.3) is 0 Å². The van der Waals surface area contributed by atoms with Gasteiger partial charge in [-0.2, -0.15) is 0 Å². The fourth-order valence-electron chi connectivity index (χ4n) is 2.93. The quantitative estimate of drug-likeness (QED) is 0.638. The predicted molar refractivity (Wildman–Crippen MR) is 108 cm³/mol. The van der Waals surface area contributed by atoms with Crippen LogP contribution in [0.4, 0.5) is 4.79 Å². The van der Waals surface area contributed by atoms with E-state index in [1.54, 1.807) is 11.0 Å². The minimum Gasteiger partial charge on any atom is -0.489 e. The Balaban J connectivity index is 1.68. The highest BCUT2D eigenvalue weighted by atomic mass is 35.5. The molecule has 0 radical (unpaired) electrons. The van der Waals surface area contributed by atoms with Crippen molar-refractivity contribution in [3.63, 3.8) is 0 Å². The maximum absolute atomic E-state index is 12.3. The number of rotatable bonds is 3. The number of nitrogens with zero attached hydrogens (tertiary/aromatic N) is 1. The van der Waals surface area contributed by atoms with Crippen LogP contribution in [-0.4, -0.2) is 23.1 Å². The van der Waals surface area contributed by atoms with E-state index in [1.165, 1.54) is 5.56 Å². The second-order valence-corrected chi connectivity index (χ2v) is 8.37. The molecule has 0 bridgehead atoms. The van der Waals surface area contributed by atoms with Crippen LogP contribution in [0.3, 0.4) is 0 Å². The molecule has 1 amide bonds. The van der Waals surface area contributed by atoms with Gasteiger partial charge in [-0.15, -0.1) is 0 Å². The SMILES string of the molecule is CC(C)(C)OC(=O)N1CCc2ccc(OCc3cccc(Cl)c3Cl)cc2C1. The molecule has 3 rings (SSSR count). The lowest BCUT2D eigenvalue weighted by Crippen LogP contribution is -2.39. The number of hydrogen-bond acceptors (Lipinski definition) is 3. The highest BCUT2D eigenvalue weighted by Crippen LogP contribution is 2.28. The second kappa shape index (κ2) is 7.99. The summed E-state index contributed by atoms with van der Waals surface area (Å²) < 4.78 is 11.4. The molecule has 4 nitrogen and oxygen atoms in total. The molecule has 1 aliphatic heterocycles. The summed E-state index contributed by atoms with van der Waals surface area (Å²) in [5, 5.41) is 1.02. The Kier molecular flexibility index (Phi) is 5.87. The topological polar surface area (TPSA) is 38.8 Å². The van der Waals surface area contributed by atoms with Gasteiger partial charge in [0, 0.05) is 18.7 Å². The summed E-state index contributed by atoms with van der Waals surface area (Å²) in [7, 11) is 0. The molecule has 0 N–H and O–H groups in total. The third-order valence-corrected chi connectivity index (χ3v) is 5.13. The van der Waals surface area contributed by atoms with Crippen LogP contribution < -0.4 is 4.74 Å². The fourth-order valence-corrected chi connectivity index (χ4v) is 3.30. The van der Waals surface area contributed by atoms with Gasteiger partial charge in [0.1, 0.15) is 18.0 Å². The van der Waals surface area contributed by atoms with Gasteiger partial charge in [-0.3, -0.25) is 0 Å². The van der Waals surface area contributed by atoms with Gasteiger partial charge < -0.3 is 14.4 Å². The zero-order valence-corrected chi connectivity index (χ0v) is 17.2. The molecule has 0 saturated carbocycles. The van der Waals surface area contributed by atoms with Crippen molar-refractivity contribution in [1.29, 1.82) is 0 Å². The van der Waals surface area contributed by atoms with Gasteiger partial charge in [-0.25, -0.2) is 4.79 Å². The van der Waals surface area contributed by atoms with Gasteiger partial charge in [0.2, 0.25) is 0 Å². The molecule has 0 spiro atoms. The third kappa shape index (κ3) is 5.08. The first-order valence-corrected chi connectivity index (χ1v) is 9.64. The summed E-state index contributed by atoms with van der Waals surface area (Å²) in [5.41, 5.74) is 2.63.